The van der Waals surface area contributed by atoms with E-state index in [1.807, 2.05) is 18.7 Å². The Labute approximate surface area is 147 Å². The zero-order chi connectivity index (χ0) is 17.8. The molecule has 7 heteroatoms. The quantitative estimate of drug-likeness (QED) is 0.892. The molecule has 1 saturated heterocycles. The lowest BCUT2D eigenvalue weighted by Crippen LogP contribution is -2.40. The van der Waals surface area contributed by atoms with Gasteiger partial charge in [0.2, 0.25) is 5.91 Å². The maximum Gasteiger partial charge on any atom is 0.222 e. The Kier molecular flexibility index (Phi) is 5.31. The fourth-order valence-corrected chi connectivity index (χ4v) is 3.52. The molecule has 3 heterocycles. The number of carbonyl (C=O) groups is 1. The van der Waals surface area contributed by atoms with E-state index in [2.05, 4.69) is 15.1 Å². The number of nitrogens with zero attached hydrogens (tertiary/aromatic N) is 4. The standard InChI is InChI=1S/C18H25N5O2/c1-12-15(13(2)25-22-12)5-6-17(24)23-9-3-4-14(11-23)10-16-18(19)21-8-7-20-16/h7-8,14H,3-6,9-11H2,1-2H3,(H2,19,21)/t14-/m0/s1. The fourth-order valence-electron chi connectivity index (χ4n) is 3.52. The molecule has 134 valence electrons. The first-order valence-corrected chi connectivity index (χ1v) is 8.79. The molecule has 0 bridgehead atoms. The minimum absolute atomic E-state index is 0.191. The first-order chi connectivity index (χ1) is 12.0. The average Bonchev–Trinajstić information content (AvgIpc) is 2.93. The van der Waals surface area contributed by atoms with Crippen molar-refractivity contribution in [3.63, 3.8) is 0 Å². The Morgan fingerprint density at radius 2 is 2.16 bits per heavy atom. The molecule has 7 nitrogen and oxygen atoms in total. The van der Waals surface area contributed by atoms with Crippen LogP contribution in [0.5, 0.6) is 0 Å². The van der Waals surface area contributed by atoms with Gasteiger partial charge >= 0.3 is 0 Å². The van der Waals surface area contributed by atoms with E-state index in [9.17, 15) is 4.79 Å². The summed E-state index contributed by atoms with van der Waals surface area (Å²) in [6, 6.07) is 0. The number of amides is 1. The molecule has 1 aliphatic heterocycles. The molecule has 2 N–H and O–H groups in total. The summed E-state index contributed by atoms with van der Waals surface area (Å²) < 4.78 is 5.17. The van der Waals surface area contributed by atoms with Gasteiger partial charge in [0.1, 0.15) is 11.6 Å². The summed E-state index contributed by atoms with van der Waals surface area (Å²) in [4.78, 5) is 23.0. The second-order valence-electron chi connectivity index (χ2n) is 6.74. The van der Waals surface area contributed by atoms with E-state index < -0.39 is 0 Å². The van der Waals surface area contributed by atoms with Crippen molar-refractivity contribution >= 4 is 11.7 Å². The van der Waals surface area contributed by atoms with Crippen LogP contribution >= 0.6 is 0 Å². The normalized spacial score (nSPS) is 17.7. The van der Waals surface area contributed by atoms with E-state index in [0.717, 1.165) is 55.1 Å². The highest BCUT2D eigenvalue weighted by Gasteiger charge is 2.25. The smallest absolute Gasteiger partial charge is 0.222 e. The number of rotatable bonds is 5. The summed E-state index contributed by atoms with van der Waals surface area (Å²) in [7, 11) is 0. The zero-order valence-electron chi connectivity index (χ0n) is 14.9. The Hall–Kier alpha value is -2.44. The molecule has 1 atom stereocenters. The van der Waals surface area contributed by atoms with Crippen molar-refractivity contribution in [1.82, 2.24) is 20.0 Å². The van der Waals surface area contributed by atoms with E-state index in [1.165, 1.54) is 0 Å². The molecular weight excluding hydrogens is 318 g/mol. The van der Waals surface area contributed by atoms with Crippen molar-refractivity contribution in [3.05, 3.63) is 35.1 Å². The molecule has 3 rings (SSSR count). The van der Waals surface area contributed by atoms with Gasteiger partial charge < -0.3 is 15.2 Å². The van der Waals surface area contributed by atoms with Gasteiger partial charge in [0, 0.05) is 37.5 Å². The maximum absolute atomic E-state index is 12.6. The third kappa shape index (κ3) is 4.15. The molecule has 0 spiro atoms. The van der Waals surface area contributed by atoms with Crippen LogP contribution < -0.4 is 5.73 Å². The van der Waals surface area contributed by atoms with Gasteiger partial charge in [0.25, 0.3) is 0 Å². The minimum Gasteiger partial charge on any atom is -0.382 e. The highest BCUT2D eigenvalue weighted by Crippen LogP contribution is 2.23. The summed E-state index contributed by atoms with van der Waals surface area (Å²) in [6.07, 6.45) is 7.31. The van der Waals surface area contributed by atoms with Crippen LogP contribution in [0.25, 0.3) is 0 Å². The fraction of sp³-hybridized carbons (Fsp3) is 0.556. The van der Waals surface area contributed by atoms with Crippen LogP contribution in [-0.4, -0.2) is 39.0 Å². The van der Waals surface area contributed by atoms with E-state index in [-0.39, 0.29) is 5.91 Å². The van der Waals surface area contributed by atoms with E-state index >= 15 is 0 Å². The minimum atomic E-state index is 0.191. The largest absolute Gasteiger partial charge is 0.382 e. The number of hydrogen-bond donors (Lipinski definition) is 1. The summed E-state index contributed by atoms with van der Waals surface area (Å²) in [5, 5.41) is 3.95. The average molecular weight is 343 g/mol. The SMILES string of the molecule is Cc1noc(C)c1CCC(=O)N1CCC[C@@H](Cc2nccnc2N)C1. The summed E-state index contributed by atoms with van der Waals surface area (Å²) in [6.45, 7) is 5.39. The van der Waals surface area contributed by atoms with Crippen LogP contribution in [0.15, 0.2) is 16.9 Å². The Balaban J connectivity index is 1.55. The lowest BCUT2D eigenvalue weighted by atomic mass is 9.93. The molecule has 2 aromatic heterocycles. The summed E-state index contributed by atoms with van der Waals surface area (Å²) >= 11 is 0. The third-order valence-electron chi connectivity index (χ3n) is 4.93. The van der Waals surface area contributed by atoms with Gasteiger partial charge in [-0.1, -0.05) is 5.16 Å². The molecule has 1 fully saturated rings. The van der Waals surface area contributed by atoms with Crippen molar-refractivity contribution in [2.75, 3.05) is 18.8 Å². The van der Waals surface area contributed by atoms with Crippen LogP contribution in [0.2, 0.25) is 0 Å². The Bertz CT molecular complexity index is 723. The van der Waals surface area contributed by atoms with Crippen molar-refractivity contribution in [2.24, 2.45) is 5.92 Å². The van der Waals surface area contributed by atoms with Crippen molar-refractivity contribution < 1.29 is 9.32 Å². The lowest BCUT2D eigenvalue weighted by molar-refractivity contribution is -0.132. The van der Waals surface area contributed by atoms with Gasteiger partial charge in [-0.05, 0) is 45.4 Å². The molecular formula is C18H25N5O2. The molecule has 0 aromatic carbocycles. The number of anilines is 1. The molecule has 0 unspecified atom stereocenters. The predicted octanol–water partition coefficient (Wildman–Crippen LogP) is 2.08. The monoisotopic (exact) mass is 343 g/mol. The van der Waals surface area contributed by atoms with E-state index in [0.29, 0.717) is 24.6 Å². The molecule has 0 aliphatic carbocycles. The Morgan fingerprint density at radius 3 is 2.88 bits per heavy atom. The third-order valence-corrected chi connectivity index (χ3v) is 4.93. The van der Waals surface area contributed by atoms with Crippen LogP contribution in [0.3, 0.4) is 0 Å². The number of piperidine rings is 1. The van der Waals surface area contributed by atoms with Gasteiger partial charge in [0.05, 0.1) is 11.4 Å². The van der Waals surface area contributed by atoms with Crippen LogP contribution in [-0.2, 0) is 17.6 Å². The van der Waals surface area contributed by atoms with Crippen LogP contribution in [0.4, 0.5) is 5.82 Å². The van der Waals surface area contributed by atoms with Crippen molar-refractivity contribution in [1.29, 1.82) is 0 Å². The highest BCUT2D eigenvalue weighted by atomic mass is 16.5. The molecule has 25 heavy (non-hydrogen) atoms. The van der Waals surface area contributed by atoms with Crippen LogP contribution in [0, 0.1) is 19.8 Å². The predicted molar refractivity (Wildman–Crippen MR) is 93.8 cm³/mol. The van der Waals surface area contributed by atoms with Gasteiger partial charge in [-0.25, -0.2) is 4.98 Å². The second-order valence-corrected chi connectivity index (χ2v) is 6.74. The highest BCUT2D eigenvalue weighted by molar-refractivity contribution is 5.76. The Morgan fingerprint density at radius 1 is 1.36 bits per heavy atom. The number of likely N-dealkylation sites (tertiary alicyclic amines) is 1. The van der Waals surface area contributed by atoms with E-state index in [1.54, 1.807) is 12.4 Å². The zero-order valence-corrected chi connectivity index (χ0v) is 14.9. The van der Waals surface area contributed by atoms with Crippen molar-refractivity contribution in [3.8, 4) is 0 Å². The van der Waals surface area contributed by atoms with Gasteiger partial charge in [-0.15, -0.1) is 0 Å². The molecule has 1 amide bonds. The molecule has 0 radical (unpaired) electrons. The first kappa shape index (κ1) is 17.4. The lowest BCUT2D eigenvalue weighted by Gasteiger charge is -2.33. The second kappa shape index (κ2) is 7.63. The number of nitrogen functional groups attached to an aromatic ring is 1. The summed E-state index contributed by atoms with van der Waals surface area (Å²) in [5.41, 5.74) is 8.65. The van der Waals surface area contributed by atoms with Crippen LogP contribution in [0.1, 0.15) is 42.0 Å². The topological polar surface area (TPSA) is 98.1 Å². The van der Waals surface area contributed by atoms with Gasteiger partial charge in [-0.3, -0.25) is 9.78 Å². The van der Waals surface area contributed by atoms with E-state index in [4.69, 9.17) is 10.3 Å². The summed E-state index contributed by atoms with van der Waals surface area (Å²) in [5.74, 6) is 1.87. The first-order valence-electron chi connectivity index (χ1n) is 8.79. The van der Waals surface area contributed by atoms with Gasteiger partial charge in [0.15, 0.2) is 0 Å². The molecule has 2 aromatic rings. The van der Waals surface area contributed by atoms with Gasteiger partial charge in [-0.2, -0.15) is 0 Å². The molecule has 1 aliphatic rings. The number of nitrogens with two attached hydrogens (primary N) is 1. The van der Waals surface area contributed by atoms with Crippen molar-refractivity contribution in [2.45, 2.75) is 46.0 Å². The number of aryl methyl sites for hydroxylation is 2. The number of aromatic nitrogens is 3. The number of hydrogen-bond acceptors (Lipinski definition) is 6. The number of carbonyl (C=O) groups excluding carboxylic acids is 1. The maximum atomic E-state index is 12.6. The molecule has 0 saturated carbocycles.